The number of halogens is 1. The number of sulfonamides is 1. The molecule has 1 aromatic rings. The van der Waals surface area contributed by atoms with Crippen LogP contribution in [0.1, 0.15) is 25.3 Å². The van der Waals surface area contributed by atoms with Crippen LogP contribution >= 0.6 is 0 Å². The third-order valence-electron chi connectivity index (χ3n) is 3.40. The predicted octanol–water partition coefficient (Wildman–Crippen LogP) is 1.55. The highest BCUT2D eigenvalue weighted by Crippen LogP contribution is 2.17. The minimum atomic E-state index is -3.64. The van der Waals surface area contributed by atoms with E-state index in [2.05, 4.69) is 10.0 Å². The zero-order chi connectivity index (χ0) is 14.0. The monoisotopic (exact) mass is 286 g/mol. The number of hydrogen-bond donors (Lipinski definition) is 2. The van der Waals surface area contributed by atoms with Gasteiger partial charge in [-0.2, -0.15) is 0 Å². The van der Waals surface area contributed by atoms with E-state index in [9.17, 15) is 12.8 Å². The normalized spacial score (nSPS) is 24.4. The van der Waals surface area contributed by atoms with Crippen LogP contribution in [0.4, 0.5) is 4.39 Å². The van der Waals surface area contributed by atoms with Crippen LogP contribution in [0.2, 0.25) is 0 Å². The number of benzene rings is 1. The predicted molar refractivity (Wildman–Crippen MR) is 71.9 cm³/mol. The van der Waals surface area contributed by atoms with Gasteiger partial charge in [0, 0.05) is 12.1 Å². The highest BCUT2D eigenvalue weighted by molar-refractivity contribution is 7.89. The van der Waals surface area contributed by atoms with Crippen LogP contribution in [0, 0.1) is 12.7 Å². The molecular formula is C13H19FN2O2S. The van der Waals surface area contributed by atoms with Crippen molar-refractivity contribution in [1.82, 2.24) is 10.0 Å². The maximum absolute atomic E-state index is 13.4. The fourth-order valence-electron chi connectivity index (χ4n) is 2.27. The summed E-state index contributed by atoms with van der Waals surface area (Å²) in [5.41, 5.74) is 0.439. The average molecular weight is 286 g/mol. The van der Waals surface area contributed by atoms with Crippen LogP contribution in [-0.4, -0.2) is 27.0 Å². The third-order valence-corrected chi connectivity index (χ3v) is 4.92. The Morgan fingerprint density at radius 1 is 1.42 bits per heavy atom. The zero-order valence-corrected chi connectivity index (χ0v) is 11.9. The van der Waals surface area contributed by atoms with E-state index in [-0.39, 0.29) is 17.0 Å². The first-order valence-electron chi connectivity index (χ1n) is 6.40. The van der Waals surface area contributed by atoms with Gasteiger partial charge in [-0.15, -0.1) is 0 Å². The summed E-state index contributed by atoms with van der Waals surface area (Å²) in [5.74, 6) is -0.499. The molecule has 0 bridgehead atoms. The first-order chi connectivity index (χ1) is 8.88. The molecule has 2 atom stereocenters. The van der Waals surface area contributed by atoms with Gasteiger partial charge >= 0.3 is 0 Å². The summed E-state index contributed by atoms with van der Waals surface area (Å²) in [4.78, 5) is -0.0122. The van der Waals surface area contributed by atoms with Gasteiger partial charge in [0.2, 0.25) is 10.0 Å². The van der Waals surface area contributed by atoms with E-state index in [1.54, 1.807) is 6.92 Å². The lowest BCUT2D eigenvalue weighted by Crippen LogP contribution is -2.46. The highest BCUT2D eigenvalue weighted by Gasteiger charge is 2.24. The summed E-state index contributed by atoms with van der Waals surface area (Å²) in [6.45, 7) is 4.41. The molecular weight excluding hydrogens is 267 g/mol. The lowest BCUT2D eigenvalue weighted by Gasteiger charge is -2.28. The second-order valence-corrected chi connectivity index (χ2v) is 6.82. The molecule has 0 saturated carbocycles. The zero-order valence-electron chi connectivity index (χ0n) is 11.1. The van der Waals surface area contributed by atoms with Crippen molar-refractivity contribution in [3.05, 3.63) is 29.6 Å². The quantitative estimate of drug-likeness (QED) is 0.886. The molecule has 6 heteroatoms. The number of piperidine rings is 1. The number of nitrogens with one attached hydrogen (secondary N) is 2. The van der Waals surface area contributed by atoms with Crippen LogP contribution in [0.25, 0.3) is 0 Å². The number of rotatable bonds is 3. The molecule has 0 amide bonds. The molecule has 19 heavy (non-hydrogen) atoms. The molecule has 1 fully saturated rings. The van der Waals surface area contributed by atoms with Crippen LogP contribution in [-0.2, 0) is 10.0 Å². The van der Waals surface area contributed by atoms with Crippen molar-refractivity contribution < 1.29 is 12.8 Å². The molecule has 0 aliphatic carbocycles. The van der Waals surface area contributed by atoms with Gasteiger partial charge in [-0.3, -0.25) is 0 Å². The Morgan fingerprint density at radius 3 is 2.79 bits per heavy atom. The molecule has 0 spiro atoms. The standard InChI is InChI=1S/C13H19FN2O2S/c1-9-3-4-12(8-13(9)14)19(17,18)16-11-5-6-15-10(2)7-11/h3-4,8,10-11,15-16H,5-7H2,1-2H3. The van der Waals surface area contributed by atoms with Gasteiger partial charge in [0.15, 0.2) is 0 Å². The first kappa shape index (κ1) is 14.4. The Labute approximate surface area is 113 Å². The van der Waals surface area contributed by atoms with E-state index >= 15 is 0 Å². The highest BCUT2D eigenvalue weighted by atomic mass is 32.2. The van der Waals surface area contributed by atoms with Gasteiger partial charge in [-0.05, 0) is 50.9 Å². The first-order valence-corrected chi connectivity index (χ1v) is 7.88. The smallest absolute Gasteiger partial charge is 0.240 e. The summed E-state index contributed by atoms with van der Waals surface area (Å²) in [6, 6.07) is 4.18. The Morgan fingerprint density at radius 2 is 2.16 bits per heavy atom. The number of hydrogen-bond acceptors (Lipinski definition) is 3. The molecule has 1 heterocycles. The Kier molecular flexibility index (Phi) is 4.23. The Bertz CT molecular complexity index is 560. The van der Waals surface area contributed by atoms with Gasteiger partial charge in [0.25, 0.3) is 0 Å². The summed E-state index contributed by atoms with van der Waals surface area (Å²) < 4.78 is 40.4. The van der Waals surface area contributed by atoms with Crippen LogP contribution in [0.15, 0.2) is 23.1 Å². The molecule has 1 aliphatic rings. The third kappa shape index (κ3) is 3.52. The van der Waals surface area contributed by atoms with Crippen molar-refractivity contribution in [1.29, 1.82) is 0 Å². The van der Waals surface area contributed by atoms with Crippen LogP contribution < -0.4 is 10.0 Å². The van der Waals surface area contributed by atoms with Crippen molar-refractivity contribution in [3.8, 4) is 0 Å². The molecule has 0 radical (unpaired) electrons. The summed E-state index contributed by atoms with van der Waals surface area (Å²) in [6.07, 6.45) is 1.49. The van der Waals surface area contributed by atoms with E-state index in [0.717, 1.165) is 25.5 Å². The molecule has 2 unspecified atom stereocenters. The fourth-order valence-corrected chi connectivity index (χ4v) is 3.56. The van der Waals surface area contributed by atoms with Crippen LogP contribution in [0.3, 0.4) is 0 Å². The second-order valence-electron chi connectivity index (χ2n) is 5.11. The average Bonchev–Trinajstić information content (AvgIpc) is 2.32. The second kappa shape index (κ2) is 5.56. The lowest BCUT2D eigenvalue weighted by atomic mass is 10.0. The van der Waals surface area contributed by atoms with Gasteiger partial charge in [-0.1, -0.05) is 6.07 Å². The van der Waals surface area contributed by atoms with Gasteiger partial charge in [0.05, 0.1) is 4.90 Å². The minimum absolute atomic E-state index is 0.0122. The van der Waals surface area contributed by atoms with Crippen molar-refractivity contribution in [3.63, 3.8) is 0 Å². The molecule has 4 nitrogen and oxygen atoms in total. The van der Waals surface area contributed by atoms with E-state index in [1.807, 2.05) is 6.92 Å². The summed E-state index contributed by atoms with van der Waals surface area (Å²) in [5, 5.41) is 3.26. The van der Waals surface area contributed by atoms with Crippen molar-refractivity contribution >= 4 is 10.0 Å². The van der Waals surface area contributed by atoms with Gasteiger partial charge in [-0.25, -0.2) is 17.5 Å². The lowest BCUT2D eigenvalue weighted by molar-refractivity contribution is 0.361. The van der Waals surface area contributed by atoms with E-state index < -0.39 is 15.8 Å². The Balaban J connectivity index is 2.15. The largest absolute Gasteiger partial charge is 0.314 e. The SMILES string of the molecule is Cc1ccc(S(=O)(=O)NC2CCNC(C)C2)cc1F. The Hall–Kier alpha value is -0.980. The molecule has 2 N–H and O–H groups in total. The van der Waals surface area contributed by atoms with E-state index in [0.29, 0.717) is 5.56 Å². The minimum Gasteiger partial charge on any atom is -0.314 e. The molecule has 1 aliphatic heterocycles. The van der Waals surface area contributed by atoms with Crippen molar-refractivity contribution in [2.45, 2.75) is 43.7 Å². The maximum Gasteiger partial charge on any atom is 0.240 e. The van der Waals surface area contributed by atoms with Crippen LogP contribution in [0.5, 0.6) is 0 Å². The van der Waals surface area contributed by atoms with E-state index in [4.69, 9.17) is 0 Å². The molecule has 1 aromatic carbocycles. The van der Waals surface area contributed by atoms with Gasteiger partial charge < -0.3 is 5.32 Å². The fraction of sp³-hybridized carbons (Fsp3) is 0.538. The van der Waals surface area contributed by atoms with Crippen molar-refractivity contribution in [2.24, 2.45) is 0 Å². The van der Waals surface area contributed by atoms with Crippen molar-refractivity contribution in [2.75, 3.05) is 6.54 Å². The topological polar surface area (TPSA) is 58.2 Å². The molecule has 0 aromatic heterocycles. The van der Waals surface area contributed by atoms with Gasteiger partial charge in [0.1, 0.15) is 5.82 Å². The summed E-state index contributed by atoms with van der Waals surface area (Å²) in [7, 11) is -3.64. The summed E-state index contributed by atoms with van der Waals surface area (Å²) >= 11 is 0. The molecule has 106 valence electrons. The molecule has 2 rings (SSSR count). The number of aryl methyl sites for hydroxylation is 1. The molecule has 1 saturated heterocycles. The maximum atomic E-state index is 13.4. The van der Waals surface area contributed by atoms with E-state index in [1.165, 1.54) is 12.1 Å².